The summed E-state index contributed by atoms with van der Waals surface area (Å²) < 4.78 is 0. The molecule has 1 heterocycles. The van der Waals surface area contributed by atoms with E-state index in [9.17, 15) is 0 Å². The molecule has 3 N–H and O–H groups in total. The molecule has 0 fully saturated rings. The van der Waals surface area contributed by atoms with Crippen molar-refractivity contribution in [1.29, 1.82) is 0 Å². The SMILES string of the molecule is NCCCCc1c[nH]c2ccccc12. The van der Waals surface area contributed by atoms with Gasteiger partial charge < -0.3 is 10.7 Å². The smallest absolute Gasteiger partial charge is 0.0456 e. The van der Waals surface area contributed by atoms with Gasteiger partial charge in [-0.3, -0.25) is 0 Å². The Bertz CT molecular complexity index is 403. The van der Waals surface area contributed by atoms with Crippen molar-refractivity contribution < 1.29 is 0 Å². The topological polar surface area (TPSA) is 41.8 Å². The Morgan fingerprint density at radius 2 is 2.00 bits per heavy atom. The van der Waals surface area contributed by atoms with E-state index in [4.69, 9.17) is 5.73 Å². The van der Waals surface area contributed by atoms with Crippen LogP contribution in [-0.2, 0) is 6.42 Å². The zero-order chi connectivity index (χ0) is 9.80. The maximum atomic E-state index is 5.47. The molecule has 0 atom stereocenters. The van der Waals surface area contributed by atoms with E-state index in [0.717, 1.165) is 19.4 Å². The summed E-state index contributed by atoms with van der Waals surface area (Å²) >= 11 is 0. The van der Waals surface area contributed by atoms with Crippen LogP contribution in [0, 0.1) is 0 Å². The van der Waals surface area contributed by atoms with Gasteiger partial charge in [0.05, 0.1) is 0 Å². The van der Waals surface area contributed by atoms with Crippen molar-refractivity contribution >= 4 is 10.9 Å². The lowest BCUT2D eigenvalue weighted by atomic mass is 10.1. The number of hydrogen-bond acceptors (Lipinski definition) is 1. The van der Waals surface area contributed by atoms with Crippen LogP contribution in [0.4, 0.5) is 0 Å². The molecule has 0 unspecified atom stereocenters. The lowest BCUT2D eigenvalue weighted by molar-refractivity contribution is 0.747. The minimum atomic E-state index is 0.794. The molecule has 2 heteroatoms. The molecule has 14 heavy (non-hydrogen) atoms. The van der Waals surface area contributed by atoms with E-state index in [2.05, 4.69) is 35.4 Å². The summed E-state index contributed by atoms with van der Waals surface area (Å²) in [4.78, 5) is 3.28. The van der Waals surface area contributed by atoms with Crippen LogP contribution < -0.4 is 5.73 Å². The predicted molar refractivity (Wildman–Crippen MR) is 60.3 cm³/mol. The fraction of sp³-hybridized carbons (Fsp3) is 0.333. The number of aromatic amines is 1. The molecule has 0 amide bonds. The highest BCUT2D eigenvalue weighted by atomic mass is 14.7. The molecule has 0 aliphatic rings. The molecule has 74 valence electrons. The van der Waals surface area contributed by atoms with Crippen molar-refractivity contribution in [2.24, 2.45) is 5.73 Å². The van der Waals surface area contributed by atoms with Gasteiger partial charge in [-0.05, 0) is 37.4 Å². The number of aryl methyl sites for hydroxylation is 1. The van der Waals surface area contributed by atoms with Crippen molar-refractivity contribution in [3.63, 3.8) is 0 Å². The third-order valence-corrected chi connectivity index (χ3v) is 2.58. The molecule has 0 saturated heterocycles. The Kier molecular flexibility index (Phi) is 2.84. The van der Waals surface area contributed by atoms with Crippen LogP contribution in [-0.4, -0.2) is 11.5 Å². The molecule has 1 aromatic carbocycles. The summed E-state index contributed by atoms with van der Waals surface area (Å²) in [5.41, 5.74) is 8.12. The number of hydrogen-bond donors (Lipinski definition) is 2. The van der Waals surface area contributed by atoms with Gasteiger partial charge in [-0.2, -0.15) is 0 Å². The second-order valence-corrected chi connectivity index (χ2v) is 3.61. The zero-order valence-corrected chi connectivity index (χ0v) is 8.29. The quantitative estimate of drug-likeness (QED) is 0.711. The van der Waals surface area contributed by atoms with Crippen molar-refractivity contribution in [3.05, 3.63) is 36.0 Å². The number of aromatic nitrogens is 1. The molecule has 0 radical (unpaired) electrons. The predicted octanol–water partition coefficient (Wildman–Crippen LogP) is 2.45. The van der Waals surface area contributed by atoms with Crippen molar-refractivity contribution in [2.45, 2.75) is 19.3 Å². The van der Waals surface area contributed by atoms with Crippen LogP contribution in [0.3, 0.4) is 0 Å². The minimum absolute atomic E-state index is 0.794. The third-order valence-electron chi connectivity index (χ3n) is 2.58. The molecule has 0 spiro atoms. The van der Waals surface area contributed by atoms with Crippen LogP contribution >= 0.6 is 0 Å². The van der Waals surface area contributed by atoms with Crippen LogP contribution in [0.2, 0.25) is 0 Å². The summed E-state index contributed by atoms with van der Waals surface area (Å²) in [6.07, 6.45) is 5.53. The van der Waals surface area contributed by atoms with E-state index >= 15 is 0 Å². The third kappa shape index (κ3) is 1.80. The van der Waals surface area contributed by atoms with Crippen LogP contribution in [0.5, 0.6) is 0 Å². The zero-order valence-electron chi connectivity index (χ0n) is 8.29. The number of para-hydroxylation sites is 1. The van der Waals surface area contributed by atoms with E-state index in [-0.39, 0.29) is 0 Å². The molecule has 1 aromatic heterocycles. The minimum Gasteiger partial charge on any atom is -0.361 e. The molecule has 2 aromatic rings. The van der Waals surface area contributed by atoms with Gasteiger partial charge in [-0.25, -0.2) is 0 Å². The van der Waals surface area contributed by atoms with Gasteiger partial charge in [0, 0.05) is 17.1 Å². The second-order valence-electron chi connectivity index (χ2n) is 3.61. The van der Waals surface area contributed by atoms with Gasteiger partial charge in [0.15, 0.2) is 0 Å². The molecule has 0 bridgehead atoms. The van der Waals surface area contributed by atoms with Gasteiger partial charge in [-0.1, -0.05) is 18.2 Å². The number of H-pyrrole nitrogens is 1. The van der Waals surface area contributed by atoms with Crippen LogP contribution in [0.1, 0.15) is 18.4 Å². The highest BCUT2D eigenvalue weighted by Gasteiger charge is 2.01. The van der Waals surface area contributed by atoms with E-state index in [1.807, 2.05) is 0 Å². The highest BCUT2D eigenvalue weighted by Crippen LogP contribution is 2.19. The number of nitrogens with two attached hydrogens (primary N) is 1. The second kappa shape index (κ2) is 4.29. The van der Waals surface area contributed by atoms with E-state index < -0.39 is 0 Å². The maximum Gasteiger partial charge on any atom is 0.0456 e. The number of benzene rings is 1. The molecular weight excluding hydrogens is 172 g/mol. The number of unbranched alkanes of at least 4 members (excludes halogenated alkanes) is 1. The molecule has 2 rings (SSSR count). The fourth-order valence-corrected chi connectivity index (χ4v) is 1.80. The Balaban J connectivity index is 2.17. The van der Waals surface area contributed by atoms with Gasteiger partial charge in [0.2, 0.25) is 0 Å². The highest BCUT2D eigenvalue weighted by molar-refractivity contribution is 5.82. The Morgan fingerprint density at radius 3 is 2.86 bits per heavy atom. The molecule has 0 aliphatic heterocycles. The fourth-order valence-electron chi connectivity index (χ4n) is 1.80. The largest absolute Gasteiger partial charge is 0.361 e. The van der Waals surface area contributed by atoms with Gasteiger partial charge in [0.1, 0.15) is 0 Å². The summed E-state index contributed by atoms with van der Waals surface area (Å²) in [6, 6.07) is 8.43. The number of nitrogens with one attached hydrogen (secondary N) is 1. The first-order chi connectivity index (χ1) is 6.92. The normalized spacial score (nSPS) is 10.9. The first kappa shape index (κ1) is 9.28. The summed E-state index contributed by atoms with van der Waals surface area (Å²) in [6.45, 7) is 0.794. The summed E-state index contributed by atoms with van der Waals surface area (Å²) in [7, 11) is 0. The van der Waals surface area contributed by atoms with Gasteiger partial charge in [0.25, 0.3) is 0 Å². The monoisotopic (exact) mass is 188 g/mol. The number of fused-ring (bicyclic) bond motifs is 1. The number of rotatable bonds is 4. The molecular formula is C12H16N2. The summed E-state index contributed by atoms with van der Waals surface area (Å²) in [5, 5.41) is 1.35. The van der Waals surface area contributed by atoms with E-state index in [0.29, 0.717) is 0 Å². The lowest BCUT2D eigenvalue weighted by Gasteiger charge is -1.97. The van der Waals surface area contributed by atoms with Crippen molar-refractivity contribution in [1.82, 2.24) is 4.98 Å². The first-order valence-electron chi connectivity index (χ1n) is 5.17. The molecule has 0 saturated carbocycles. The average molecular weight is 188 g/mol. The maximum absolute atomic E-state index is 5.47. The van der Waals surface area contributed by atoms with Crippen LogP contribution in [0.15, 0.2) is 30.5 Å². The first-order valence-corrected chi connectivity index (χ1v) is 5.17. The van der Waals surface area contributed by atoms with Gasteiger partial charge in [-0.15, -0.1) is 0 Å². The standard InChI is InChI=1S/C12H16N2/c13-8-4-3-5-10-9-14-12-7-2-1-6-11(10)12/h1-2,6-7,9,14H,3-5,8,13H2. The average Bonchev–Trinajstić information content (AvgIpc) is 2.63. The molecule has 2 nitrogen and oxygen atoms in total. The van der Waals surface area contributed by atoms with E-state index in [1.54, 1.807) is 0 Å². The Hall–Kier alpha value is -1.28. The Labute approximate surface area is 84.1 Å². The van der Waals surface area contributed by atoms with Gasteiger partial charge >= 0.3 is 0 Å². The summed E-state index contributed by atoms with van der Waals surface area (Å²) in [5.74, 6) is 0. The molecule has 0 aliphatic carbocycles. The Morgan fingerprint density at radius 1 is 1.14 bits per heavy atom. The van der Waals surface area contributed by atoms with Crippen molar-refractivity contribution in [3.8, 4) is 0 Å². The van der Waals surface area contributed by atoms with Crippen LogP contribution in [0.25, 0.3) is 10.9 Å². The van der Waals surface area contributed by atoms with Crippen molar-refractivity contribution in [2.75, 3.05) is 6.54 Å². The van der Waals surface area contributed by atoms with E-state index in [1.165, 1.54) is 22.9 Å². The lowest BCUT2D eigenvalue weighted by Crippen LogP contribution is -1.98.